The van der Waals surface area contributed by atoms with E-state index in [2.05, 4.69) is 54.0 Å². The fourth-order valence-corrected chi connectivity index (χ4v) is 4.05. The molecule has 1 nitrogen and oxygen atoms in total. The van der Waals surface area contributed by atoms with Crippen molar-refractivity contribution in [1.29, 1.82) is 0 Å². The van der Waals surface area contributed by atoms with Gasteiger partial charge in [0.2, 0.25) is 0 Å². The Morgan fingerprint density at radius 2 is 2.05 bits per heavy atom. The maximum Gasteiger partial charge on any atom is 0.0428 e. The summed E-state index contributed by atoms with van der Waals surface area (Å²) in [6.45, 7) is 3.51. The highest BCUT2D eigenvalue weighted by molar-refractivity contribution is 7.13. The van der Waals surface area contributed by atoms with E-state index in [9.17, 15) is 0 Å². The largest absolute Gasteiger partial charge is 0.384 e. The number of benzene rings is 1. The van der Waals surface area contributed by atoms with E-state index in [1.54, 1.807) is 0 Å². The van der Waals surface area contributed by atoms with E-state index in [4.69, 9.17) is 0 Å². The molecule has 2 aromatic rings. The summed E-state index contributed by atoms with van der Waals surface area (Å²) >= 11 is 1.81. The second kappa shape index (κ2) is 6.45. The van der Waals surface area contributed by atoms with Crippen LogP contribution in [0.4, 0.5) is 5.69 Å². The molecule has 1 aromatic carbocycles. The SMILES string of the molecule is CC1CCCC(CNc2ccccc2-c2cccs2)C1. The third-order valence-corrected chi connectivity index (χ3v) is 5.24. The van der Waals surface area contributed by atoms with Crippen LogP contribution < -0.4 is 5.32 Å². The molecular formula is C18H23NS. The molecule has 0 bridgehead atoms. The molecule has 0 spiro atoms. The summed E-state index contributed by atoms with van der Waals surface area (Å²) < 4.78 is 0. The molecule has 0 saturated heterocycles. The first-order chi connectivity index (χ1) is 9.83. The van der Waals surface area contributed by atoms with Gasteiger partial charge in [-0.2, -0.15) is 0 Å². The molecule has 0 amide bonds. The smallest absolute Gasteiger partial charge is 0.0428 e. The summed E-state index contributed by atoms with van der Waals surface area (Å²) in [5.41, 5.74) is 2.62. The molecule has 3 rings (SSSR count). The predicted octanol–water partition coefficient (Wildman–Crippen LogP) is 5.65. The minimum absolute atomic E-state index is 0.843. The molecule has 20 heavy (non-hydrogen) atoms. The Labute approximate surface area is 126 Å². The van der Waals surface area contributed by atoms with Gasteiger partial charge in [0.25, 0.3) is 0 Å². The van der Waals surface area contributed by atoms with Gasteiger partial charge in [-0.1, -0.05) is 44.0 Å². The molecule has 2 heteroatoms. The van der Waals surface area contributed by atoms with E-state index < -0.39 is 0 Å². The minimum Gasteiger partial charge on any atom is -0.384 e. The van der Waals surface area contributed by atoms with Crippen LogP contribution in [0.15, 0.2) is 41.8 Å². The summed E-state index contributed by atoms with van der Waals surface area (Å²) in [5.74, 6) is 1.75. The number of thiophene rings is 1. The van der Waals surface area contributed by atoms with E-state index >= 15 is 0 Å². The summed E-state index contributed by atoms with van der Waals surface area (Å²) in [6.07, 6.45) is 5.59. The van der Waals surface area contributed by atoms with Crippen LogP contribution >= 0.6 is 11.3 Å². The van der Waals surface area contributed by atoms with Crippen LogP contribution in [0.2, 0.25) is 0 Å². The molecule has 1 N–H and O–H groups in total. The second-order valence-electron chi connectivity index (χ2n) is 6.04. The number of rotatable bonds is 4. The first-order valence-corrected chi connectivity index (χ1v) is 8.57. The quantitative estimate of drug-likeness (QED) is 0.765. The maximum atomic E-state index is 3.70. The molecule has 1 fully saturated rings. The Morgan fingerprint density at radius 1 is 1.15 bits per heavy atom. The van der Waals surface area contributed by atoms with Crippen molar-refractivity contribution >= 4 is 17.0 Å². The number of anilines is 1. The number of hydrogen-bond donors (Lipinski definition) is 1. The van der Waals surface area contributed by atoms with Crippen LogP contribution in [0.1, 0.15) is 32.6 Å². The minimum atomic E-state index is 0.843. The van der Waals surface area contributed by atoms with Crippen molar-refractivity contribution in [1.82, 2.24) is 0 Å². The van der Waals surface area contributed by atoms with Crippen LogP contribution in [0.3, 0.4) is 0 Å². The van der Waals surface area contributed by atoms with Crippen molar-refractivity contribution in [3.63, 3.8) is 0 Å². The zero-order chi connectivity index (χ0) is 13.8. The first kappa shape index (κ1) is 13.7. The molecule has 0 aliphatic heterocycles. The Kier molecular flexibility index (Phi) is 4.41. The van der Waals surface area contributed by atoms with Gasteiger partial charge in [-0.25, -0.2) is 0 Å². The Balaban J connectivity index is 1.68. The third-order valence-electron chi connectivity index (χ3n) is 4.34. The lowest BCUT2D eigenvalue weighted by Crippen LogP contribution is -2.21. The van der Waals surface area contributed by atoms with E-state index in [1.807, 2.05) is 11.3 Å². The van der Waals surface area contributed by atoms with Gasteiger partial charge in [0.15, 0.2) is 0 Å². The van der Waals surface area contributed by atoms with Gasteiger partial charge >= 0.3 is 0 Å². The van der Waals surface area contributed by atoms with Crippen LogP contribution in [0.25, 0.3) is 10.4 Å². The summed E-state index contributed by atoms with van der Waals surface area (Å²) in [7, 11) is 0. The van der Waals surface area contributed by atoms with Crippen molar-refractivity contribution in [3.8, 4) is 10.4 Å². The molecule has 1 aromatic heterocycles. The van der Waals surface area contributed by atoms with Gasteiger partial charge in [0.05, 0.1) is 0 Å². The van der Waals surface area contributed by atoms with Crippen LogP contribution in [-0.4, -0.2) is 6.54 Å². The van der Waals surface area contributed by atoms with E-state index in [0.717, 1.165) is 18.4 Å². The van der Waals surface area contributed by atoms with E-state index in [1.165, 1.54) is 41.8 Å². The highest BCUT2D eigenvalue weighted by Gasteiger charge is 2.18. The topological polar surface area (TPSA) is 12.0 Å². The van der Waals surface area contributed by atoms with Gasteiger partial charge in [-0.3, -0.25) is 0 Å². The van der Waals surface area contributed by atoms with Gasteiger partial charge in [0, 0.05) is 22.7 Å². The van der Waals surface area contributed by atoms with E-state index in [-0.39, 0.29) is 0 Å². The lowest BCUT2D eigenvalue weighted by atomic mass is 9.82. The van der Waals surface area contributed by atoms with Crippen molar-refractivity contribution in [2.24, 2.45) is 11.8 Å². The standard InChI is InChI=1S/C18H23NS/c1-14-6-4-7-15(12-14)13-19-17-9-3-2-8-16(17)18-10-5-11-20-18/h2-3,5,8-11,14-15,19H,4,6-7,12-13H2,1H3. The molecule has 1 aliphatic rings. The molecule has 1 heterocycles. The summed E-state index contributed by atoms with van der Waals surface area (Å²) in [6, 6.07) is 13.0. The van der Waals surface area contributed by atoms with Crippen LogP contribution in [0.5, 0.6) is 0 Å². The molecule has 0 radical (unpaired) electrons. The fraction of sp³-hybridized carbons (Fsp3) is 0.444. The fourth-order valence-electron chi connectivity index (χ4n) is 3.28. The molecule has 1 saturated carbocycles. The average Bonchev–Trinajstić information content (AvgIpc) is 3.00. The highest BCUT2D eigenvalue weighted by atomic mass is 32.1. The van der Waals surface area contributed by atoms with Gasteiger partial charge in [-0.15, -0.1) is 11.3 Å². The lowest BCUT2D eigenvalue weighted by Gasteiger charge is -2.27. The van der Waals surface area contributed by atoms with Crippen molar-refractivity contribution in [3.05, 3.63) is 41.8 Å². The van der Waals surface area contributed by atoms with Crippen molar-refractivity contribution < 1.29 is 0 Å². The maximum absolute atomic E-state index is 3.70. The zero-order valence-electron chi connectivity index (χ0n) is 12.1. The lowest BCUT2D eigenvalue weighted by molar-refractivity contribution is 0.293. The third kappa shape index (κ3) is 3.24. The first-order valence-electron chi connectivity index (χ1n) is 7.69. The average molecular weight is 285 g/mol. The molecular weight excluding hydrogens is 262 g/mol. The number of hydrogen-bond acceptors (Lipinski definition) is 2. The highest BCUT2D eigenvalue weighted by Crippen LogP contribution is 2.33. The van der Waals surface area contributed by atoms with Gasteiger partial charge in [-0.05, 0) is 42.2 Å². The number of para-hydroxylation sites is 1. The molecule has 2 unspecified atom stereocenters. The van der Waals surface area contributed by atoms with Crippen molar-refractivity contribution in [2.75, 3.05) is 11.9 Å². The van der Waals surface area contributed by atoms with Gasteiger partial charge in [0.1, 0.15) is 0 Å². The Morgan fingerprint density at radius 3 is 2.85 bits per heavy atom. The van der Waals surface area contributed by atoms with Crippen LogP contribution in [-0.2, 0) is 0 Å². The Bertz CT molecular complexity index is 532. The number of nitrogens with one attached hydrogen (secondary N) is 1. The Hall–Kier alpha value is -1.28. The molecule has 106 valence electrons. The summed E-state index contributed by atoms with van der Waals surface area (Å²) in [5, 5.41) is 5.85. The second-order valence-corrected chi connectivity index (χ2v) is 6.99. The molecule has 2 atom stereocenters. The van der Waals surface area contributed by atoms with Gasteiger partial charge < -0.3 is 5.32 Å². The molecule has 1 aliphatic carbocycles. The van der Waals surface area contributed by atoms with E-state index in [0.29, 0.717) is 0 Å². The summed E-state index contributed by atoms with van der Waals surface area (Å²) in [4.78, 5) is 1.35. The predicted molar refractivity (Wildman–Crippen MR) is 89.4 cm³/mol. The van der Waals surface area contributed by atoms with Crippen molar-refractivity contribution in [2.45, 2.75) is 32.6 Å². The van der Waals surface area contributed by atoms with Crippen LogP contribution in [0, 0.1) is 11.8 Å². The monoisotopic (exact) mass is 285 g/mol. The zero-order valence-corrected chi connectivity index (χ0v) is 13.0. The normalized spacial score (nSPS) is 22.6.